The number of pyridine rings is 1. The predicted octanol–water partition coefficient (Wildman–Crippen LogP) is 1.01. The van der Waals surface area contributed by atoms with E-state index in [1.54, 1.807) is 6.20 Å². The first-order valence-corrected chi connectivity index (χ1v) is 10.5. The fraction of sp³-hybridized carbons (Fsp3) is 0.455. The summed E-state index contributed by atoms with van der Waals surface area (Å²) in [5, 5.41) is 27.5. The number of aryl methyl sites for hydroxylation is 1. The molecule has 0 spiro atoms. The Kier molecular flexibility index (Phi) is 4.40. The summed E-state index contributed by atoms with van der Waals surface area (Å²) in [6, 6.07) is 3.96. The number of nitrogens with zero attached hydrogens (tertiary/aromatic N) is 4. The van der Waals surface area contributed by atoms with Crippen LogP contribution in [-0.4, -0.2) is 49.1 Å². The molecule has 31 heavy (non-hydrogen) atoms. The summed E-state index contributed by atoms with van der Waals surface area (Å²) in [6.07, 6.45) is 6.80. The Hall–Kier alpha value is -3.20. The molecule has 3 aromatic rings. The molecular formula is C22H25N5O4. The van der Waals surface area contributed by atoms with Crippen molar-refractivity contribution in [3.05, 3.63) is 52.2 Å². The van der Waals surface area contributed by atoms with Gasteiger partial charge in [-0.2, -0.15) is 5.10 Å². The van der Waals surface area contributed by atoms with Crippen LogP contribution in [0.15, 0.2) is 35.5 Å². The van der Waals surface area contributed by atoms with E-state index in [1.807, 2.05) is 19.1 Å². The molecule has 0 radical (unpaired) electrons. The first-order chi connectivity index (χ1) is 14.9. The summed E-state index contributed by atoms with van der Waals surface area (Å²) in [6.45, 7) is 2.61. The number of amides is 1. The van der Waals surface area contributed by atoms with Crippen molar-refractivity contribution in [1.29, 1.82) is 0 Å². The van der Waals surface area contributed by atoms with Crippen LogP contribution in [0.2, 0.25) is 0 Å². The van der Waals surface area contributed by atoms with Gasteiger partial charge in [0.2, 0.25) is 0 Å². The maximum atomic E-state index is 12.2. The average Bonchev–Trinajstić information content (AvgIpc) is 3.08. The summed E-state index contributed by atoms with van der Waals surface area (Å²) >= 11 is 0. The van der Waals surface area contributed by atoms with Gasteiger partial charge in [-0.3, -0.25) is 14.3 Å². The number of carbonyl (C=O) groups is 1. The molecule has 9 nitrogen and oxygen atoms in total. The number of aliphatic hydroxyl groups is 1. The molecule has 5 rings (SSSR count). The molecule has 9 heteroatoms. The second-order valence-electron chi connectivity index (χ2n) is 8.83. The van der Waals surface area contributed by atoms with Crippen molar-refractivity contribution in [3.8, 4) is 5.75 Å². The van der Waals surface area contributed by atoms with Crippen LogP contribution in [0.3, 0.4) is 0 Å². The number of rotatable bonds is 5. The fourth-order valence-corrected chi connectivity index (χ4v) is 5.52. The zero-order chi connectivity index (χ0) is 21.9. The van der Waals surface area contributed by atoms with Gasteiger partial charge in [0.1, 0.15) is 5.65 Å². The van der Waals surface area contributed by atoms with Crippen LogP contribution in [0.25, 0.3) is 11.0 Å². The van der Waals surface area contributed by atoms with E-state index in [0.717, 1.165) is 29.4 Å². The van der Waals surface area contributed by atoms with Gasteiger partial charge in [0.15, 0.2) is 11.4 Å². The van der Waals surface area contributed by atoms with Crippen LogP contribution in [0, 0.1) is 24.7 Å². The maximum Gasteiger partial charge on any atom is 0.275 e. The molecular weight excluding hydrogens is 398 g/mol. The van der Waals surface area contributed by atoms with Crippen molar-refractivity contribution in [1.82, 2.24) is 24.6 Å². The summed E-state index contributed by atoms with van der Waals surface area (Å²) in [5.41, 5.74) is 0.474. The van der Waals surface area contributed by atoms with Crippen molar-refractivity contribution in [2.45, 2.75) is 31.8 Å². The van der Waals surface area contributed by atoms with Gasteiger partial charge in [-0.1, -0.05) is 0 Å². The lowest BCUT2D eigenvalue weighted by Crippen LogP contribution is -2.39. The SMILES string of the molecule is CNC(=O)c1nn(CC2(n3cc(C)c4cccnc43)CC3C(CO)C3C2)cc(O)c1=O. The van der Waals surface area contributed by atoms with Crippen molar-refractivity contribution in [2.24, 2.45) is 17.8 Å². The van der Waals surface area contributed by atoms with E-state index >= 15 is 0 Å². The highest BCUT2D eigenvalue weighted by Gasteiger charge is 2.62. The van der Waals surface area contributed by atoms with E-state index in [1.165, 1.54) is 17.9 Å². The highest BCUT2D eigenvalue weighted by Crippen LogP contribution is 2.63. The van der Waals surface area contributed by atoms with Crippen LogP contribution >= 0.6 is 0 Å². The van der Waals surface area contributed by atoms with E-state index in [9.17, 15) is 19.8 Å². The van der Waals surface area contributed by atoms with Gasteiger partial charge in [-0.05, 0) is 55.2 Å². The molecule has 0 bridgehead atoms. The van der Waals surface area contributed by atoms with Crippen LogP contribution in [0.1, 0.15) is 28.9 Å². The standard InChI is InChI=1S/C22H25N5O4/c1-12-8-27(20-13(12)4-3-5-24-20)22(6-14-15(7-22)16(14)10-28)11-26-9-17(29)19(30)18(25-26)21(31)23-2/h3-5,8-9,14-16,28-29H,6-7,10-11H2,1-2H3,(H,23,31). The molecule has 2 fully saturated rings. The van der Waals surface area contributed by atoms with Crippen LogP contribution in [0.4, 0.5) is 0 Å². The largest absolute Gasteiger partial charge is 0.503 e. The molecule has 162 valence electrons. The first kappa shape index (κ1) is 19.7. The Morgan fingerprint density at radius 2 is 2.06 bits per heavy atom. The lowest BCUT2D eigenvalue weighted by atomic mass is 9.90. The normalized spacial score (nSPS) is 26.7. The molecule has 2 aliphatic carbocycles. The number of aliphatic hydroxyl groups excluding tert-OH is 1. The summed E-state index contributed by atoms with van der Waals surface area (Å²) in [5.74, 6) is 0.00517. The lowest BCUT2D eigenvalue weighted by Gasteiger charge is -2.34. The topological polar surface area (TPSA) is 122 Å². The van der Waals surface area contributed by atoms with E-state index in [-0.39, 0.29) is 12.3 Å². The molecule has 1 amide bonds. The molecule has 0 aromatic carbocycles. The second kappa shape index (κ2) is 6.91. The summed E-state index contributed by atoms with van der Waals surface area (Å²) in [4.78, 5) is 28.9. The van der Waals surface area contributed by atoms with E-state index in [2.05, 4.69) is 26.2 Å². The highest BCUT2D eigenvalue weighted by atomic mass is 16.3. The Labute approximate surface area is 178 Å². The molecule has 0 aliphatic heterocycles. The van der Waals surface area contributed by atoms with Gasteiger partial charge in [0.25, 0.3) is 11.3 Å². The Morgan fingerprint density at radius 1 is 1.32 bits per heavy atom. The fourth-order valence-electron chi connectivity index (χ4n) is 5.52. The van der Waals surface area contributed by atoms with Crippen molar-refractivity contribution >= 4 is 16.9 Å². The van der Waals surface area contributed by atoms with Crippen LogP contribution in [0.5, 0.6) is 5.75 Å². The third-order valence-electron chi connectivity index (χ3n) is 7.07. The Bertz CT molecular complexity index is 1230. The minimum Gasteiger partial charge on any atom is -0.503 e. The number of hydrogen-bond acceptors (Lipinski definition) is 6. The van der Waals surface area contributed by atoms with Crippen LogP contribution in [-0.2, 0) is 12.1 Å². The zero-order valence-electron chi connectivity index (χ0n) is 17.4. The average molecular weight is 423 g/mol. The Morgan fingerprint density at radius 3 is 2.74 bits per heavy atom. The minimum absolute atomic E-state index is 0.187. The monoisotopic (exact) mass is 423 g/mol. The van der Waals surface area contributed by atoms with Gasteiger partial charge in [0, 0.05) is 31.4 Å². The molecule has 0 saturated heterocycles. The maximum absolute atomic E-state index is 12.2. The van der Waals surface area contributed by atoms with Gasteiger partial charge >= 0.3 is 0 Å². The second-order valence-corrected chi connectivity index (χ2v) is 8.83. The first-order valence-electron chi connectivity index (χ1n) is 10.5. The number of nitrogens with one attached hydrogen (secondary N) is 1. The van der Waals surface area contributed by atoms with Gasteiger partial charge < -0.3 is 20.1 Å². The predicted molar refractivity (Wildman–Crippen MR) is 113 cm³/mol. The van der Waals surface area contributed by atoms with Gasteiger partial charge in [-0.25, -0.2) is 4.98 Å². The summed E-state index contributed by atoms with van der Waals surface area (Å²) in [7, 11) is 1.42. The van der Waals surface area contributed by atoms with Crippen molar-refractivity contribution in [2.75, 3.05) is 13.7 Å². The van der Waals surface area contributed by atoms with Gasteiger partial charge in [-0.15, -0.1) is 0 Å². The lowest BCUT2D eigenvalue weighted by molar-refractivity contribution is 0.0951. The highest BCUT2D eigenvalue weighted by molar-refractivity contribution is 5.92. The van der Waals surface area contributed by atoms with E-state index in [0.29, 0.717) is 24.3 Å². The number of carbonyl (C=O) groups excluding carboxylic acids is 1. The minimum atomic E-state index is -0.789. The van der Waals surface area contributed by atoms with Crippen LogP contribution < -0.4 is 10.7 Å². The number of aromatic nitrogens is 4. The molecule has 2 unspecified atom stereocenters. The molecule has 2 atom stereocenters. The number of aromatic hydroxyl groups is 1. The third kappa shape index (κ3) is 2.95. The molecule has 3 aromatic heterocycles. The van der Waals surface area contributed by atoms with E-state index in [4.69, 9.17) is 0 Å². The molecule has 3 heterocycles. The number of fused-ring (bicyclic) bond motifs is 2. The van der Waals surface area contributed by atoms with Crippen molar-refractivity contribution < 1.29 is 15.0 Å². The molecule has 3 N–H and O–H groups in total. The Balaban J connectivity index is 1.62. The molecule has 2 aliphatic rings. The smallest absolute Gasteiger partial charge is 0.275 e. The van der Waals surface area contributed by atoms with E-state index < -0.39 is 22.6 Å². The zero-order valence-corrected chi connectivity index (χ0v) is 17.4. The van der Waals surface area contributed by atoms with Gasteiger partial charge in [0.05, 0.1) is 18.3 Å². The summed E-state index contributed by atoms with van der Waals surface area (Å²) < 4.78 is 3.68. The number of hydrogen-bond donors (Lipinski definition) is 3. The quantitative estimate of drug-likeness (QED) is 0.563. The third-order valence-corrected chi connectivity index (χ3v) is 7.07. The molecule has 2 saturated carbocycles. The van der Waals surface area contributed by atoms with Crippen molar-refractivity contribution in [3.63, 3.8) is 0 Å².